The summed E-state index contributed by atoms with van der Waals surface area (Å²) < 4.78 is -0.0863. The molecule has 0 radical (unpaired) electrons. The minimum Gasteiger partial charge on any atom is -0.342 e. The third-order valence-corrected chi connectivity index (χ3v) is 2.55. The predicted molar refractivity (Wildman–Crippen MR) is 64.2 cm³/mol. The van der Waals surface area contributed by atoms with Crippen LogP contribution in [0, 0.1) is 6.92 Å². The largest absolute Gasteiger partial charge is 0.342 e. The molecule has 0 atom stereocenters. The molecule has 84 valence electrons. The van der Waals surface area contributed by atoms with Gasteiger partial charge in [0.05, 0.1) is 5.69 Å². The zero-order valence-corrected chi connectivity index (χ0v) is 11.0. The highest BCUT2D eigenvalue weighted by Crippen LogP contribution is 2.31. The first-order valence-corrected chi connectivity index (χ1v) is 5.67. The molecule has 1 heterocycles. The van der Waals surface area contributed by atoms with Crippen molar-refractivity contribution >= 4 is 40.6 Å². The zero-order valence-electron chi connectivity index (χ0n) is 8.72. The van der Waals surface area contributed by atoms with Crippen LogP contribution >= 0.6 is 34.8 Å². The van der Waals surface area contributed by atoms with Crippen LogP contribution in [0.2, 0.25) is 0 Å². The summed E-state index contributed by atoms with van der Waals surface area (Å²) >= 11 is 16.7. The summed E-state index contributed by atoms with van der Waals surface area (Å²) in [5.74, 6) is -0.491. The summed E-state index contributed by atoms with van der Waals surface area (Å²) in [7, 11) is 0. The lowest BCUT2D eigenvalue weighted by molar-refractivity contribution is 0.0986. The van der Waals surface area contributed by atoms with E-state index in [0.29, 0.717) is 5.69 Å². The second-order valence-corrected chi connectivity index (χ2v) is 6.01. The number of ketones is 1. The Morgan fingerprint density at radius 1 is 1.40 bits per heavy atom. The van der Waals surface area contributed by atoms with Crippen molar-refractivity contribution in [1.29, 1.82) is 0 Å². The van der Waals surface area contributed by atoms with Gasteiger partial charge in [0.25, 0.3) is 3.79 Å². The first-order valence-electron chi connectivity index (χ1n) is 4.53. The molecule has 0 saturated heterocycles. The topological polar surface area (TPSA) is 22.0 Å². The Morgan fingerprint density at radius 2 is 1.93 bits per heavy atom. The summed E-state index contributed by atoms with van der Waals surface area (Å²) in [5.41, 5.74) is 1.41. The highest BCUT2D eigenvalue weighted by molar-refractivity contribution is 6.77. The monoisotopic (exact) mass is 267 g/mol. The average molecular weight is 269 g/mol. The highest BCUT2D eigenvalue weighted by atomic mass is 35.6. The normalized spacial score (nSPS) is 12.2. The van der Waals surface area contributed by atoms with Crippen molar-refractivity contribution in [3.05, 3.63) is 23.5 Å². The Labute approximate surface area is 104 Å². The van der Waals surface area contributed by atoms with Crippen LogP contribution in [-0.4, -0.2) is 14.1 Å². The summed E-state index contributed by atoms with van der Waals surface area (Å²) in [6, 6.07) is 1.88. The number of alkyl halides is 3. The Morgan fingerprint density at radius 3 is 2.33 bits per heavy atom. The van der Waals surface area contributed by atoms with Crippen LogP contribution in [0.15, 0.2) is 12.3 Å². The van der Waals surface area contributed by atoms with Gasteiger partial charge in [-0.05, 0) is 32.4 Å². The number of Topliss-reactive ketones (excluding diaryl/α,β-unsaturated/α-hetero) is 1. The second kappa shape index (κ2) is 4.36. The number of carbonyl (C=O) groups is 1. The maximum absolute atomic E-state index is 11.8. The maximum Gasteiger partial charge on any atom is 0.255 e. The lowest BCUT2D eigenvalue weighted by Gasteiger charge is -2.15. The number of halogens is 3. The van der Waals surface area contributed by atoms with Crippen LogP contribution in [0.4, 0.5) is 0 Å². The van der Waals surface area contributed by atoms with Crippen molar-refractivity contribution in [1.82, 2.24) is 4.57 Å². The fourth-order valence-corrected chi connectivity index (χ4v) is 1.66. The molecule has 1 aromatic heterocycles. The van der Waals surface area contributed by atoms with E-state index >= 15 is 0 Å². The van der Waals surface area contributed by atoms with Gasteiger partial charge in [0.2, 0.25) is 5.78 Å². The van der Waals surface area contributed by atoms with E-state index in [9.17, 15) is 4.79 Å². The van der Waals surface area contributed by atoms with E-state index in [0.717, 1.165) is 5.56 Å². The van der Waals surface area contributed by atoms with E-state index in [2.05, 4.69) is 0 Å². The van der Waals surface area contributed by atoms with Crippen molar-refractivity contribution in [3.63, 3.8) is 0 Å². The van der Waals surface area contributed by atoms with Gasteiger partial charge in [-0.3, -0.25) is 4.79 Å². The zero-order chi connectivity index (χ0) is 11.8. The van der Waals surface area contributed by atoms with Crippen molar-refractivity contribution < 1.29 is 4.79 Å². The summed E-state index contributed by atoms with van der Waals surface area (Å²) in [6.07, 6.45) is 1.87. The molecule has 0 N–H and O–H groups in total. The van der Waals surface area contributed by atoms with Gasteiger partial charge in [-0.1, -0.05) is 34.8 Å². The molecule has 0 aliphatic rings. The molecule has 0 fully saturated rings. The highest BCUT2D eigenvalue weighted by Gasteiger charge is 2.34. The molecule has 1 rings (SSSR count). The van der Waals surface area contributed by atoms with Crippen LogP contribution in [0.1, 0.15) is 35.9 Å². The third kappa shape index (κ3) is 2.90. The number of nitrogens with zero attached hydrogens (tertiary/aromatic N) is 1. The van der Waals surface area contributed by atoms with Crippen LogP contribution in [0.3, 0.4) is 0 Å². The smallest absolute Gasteiger partial charge is 0.255 e. The lowest BCUT2D eigenvalue weighted by Crippen LogP contribution is -2.22. The average Bonchev–Trinajstić information content (AvgIpc) is 2.44. The number of hydrogen-bond acceptors (Lipinski definition) is 1. The summed E-state index contributed by atoms with van der Waals surface area (Å²) in [6.45, 7) is 5.83. The van der Waals surface area contributed by atoms with E-state index in [1.165, 1.54) is 0 Å². The van der Waals surface area contributed by atoms with Gasteiger partial charge in [0.1, 0.15) is 0 Å². The molecule has 1 aromatic rings. The molecular formula is C10H12Cl3NO. The second-order valence-electron chi connectivity index (χ2n) is 3.73. The number of carbonyl (C=O) groups excluding carboxylic acids is 1. The minimum atomic E-state index is -1.89. The molecule has 0 aromatic carbocycles. The molecule has 5 heteroatoms. The predicted octanol–water partition coefficient (Wildman–Crippen LogP) is 3.93. The Hall–Kier alpha value is -0.180. The molecule has 0 bridgehead atoms. The third-order valence-electron chi connectivity index (χ3n) is 2.03. The molecular weight excluding hydrogens is 256 g/mol. The van der Waals surface area contributed by atoms with Crippen molar-refractivity contribution in [3.8, 4) is 0 Å². The van der Waals surface area contributed by atoms with Gasteiger partial charge in [-0.25, -0.2) is 0 Å². The van der Waals surface area contributed by atoms with E-state index in [4.69, 9.17) is 34.8 Å². The number of aryl methyl sites for hydroxylation is 1. The summed E-state index contributed by atoms with van der Waals surface area (Å²) in [4.78, 5) is 11.8. The van der Waals surface area contributed by atoms with Gasteiger partial charge in [-0.2, -0.15) is 0 Å². The quantitative estimate of drug-likeness (QED) is 0.588. The molecule has 0 unspecified atom stereocenters. The van der Waals surface area contributed by atoms with Crippen molar-refractivity contribution in [2.45, 2.75) is 30.6 Å². The molecule has 0 aliphatic heterocycles. The first-order chi connectivity index (χ1) is 6.73. The van der Waals surface area contributed by atoms with E-state index in [-0.39, 0.29) is 6.04 Å². The van der Waals surface area contributed by atoms with Gasteiger partial charge < -0.3 is 4.57 Å². The molecule has 0 spiro atoms. The SMILES string of the molecule is Cc1cc(C(=O)C(Cl)(Cl)Cl)n(C(C)C)c1. The van der Waals surface area contributed by atoms with Gasteiger partial charge in [-0.15, -0.1) is 0 Å². The molecule has 15 heavy (non-hydrogen) atoms. The molecule has 0 amide bonds. The fraction of sp³-hybridized carbons (Fsp3) is 0.500. The maximum atomic E-state index is 11.8. The van der Waals surface area contributed by atoms with Crippen molar-refractivity contribution in [2.75, 3.05) is 0 Å². The van der Waals surface area contributed by atoms with Crippen molar-refractivity contribution in [2.24, 2.45) is 0 Å². The van der Waals surface area contributed by atoms with Crippen LogP contribution in [0.25, 0.3) is 0 Å². The molecule has 2 nitrogen and oxygen atoms in total. The van der Waals surface area contributed by atoms with E-state index < -0.39 is 9.58 Å². The van der Waals surface area contributed by atoms with E-state index in [1.54, 1.807) is 10.6 Å². The van der Waals surface area contributed by atoms with Gasteiger partial charge >= 0.3 is 0 Å². The van der Waals surface area contributed by atoms with Crippen LogP contribution in [0.5, 0.6) is 0 Å². The van der Waals surface area contributed by atoms with E-state index in [1.807, 2.05) is 27.0 Å². The lowest BCUT2D eigenvalue weighted by atomic mass is 10.2. The Balaban J connectivity index is 3.20. The standard InChI is InChI=1S/C10H12Cl3NO/c1-6(2)14-5-7(3)4-8(14)9(15)10(11,12)13/h4-6H,1-3H3. The van der Waals surface area contributed by atoms with Gasteiger partial charge in [0, 0.05) is 12.2 Å². The Bertz CT molecular complexity index is 377. The first kappa shape index (κ1) is 12.9. The summed E-state index contributed by atoms with van der Waals surface area (Å²) in [5, 5.41) is 0. The van der Waals surface area contributed by atoms with Crippen LogP contribution < -0.4 is 0 Å². The number of hydrogen-bond donors (Lipinski definition) is 0. The fourth-order valence-electron chi connectivity index (χ4n) is 1.37. The molecule has 0 aliphatic carbocycles. The van der Waals surface area contributed by atoms with Crippen LogP contribution in [-0.2, 0) is 0 Å². The van der Waals surface area contributed by atoms with Gasteiger partial charge in [0.15, 0.2) is 0 Å². The minimum absolute atomic E-state index is 0.157. The molecule has 0 saturated carbocycles. The Kier molecular flexibility index (Phi) is 3.75. The number of aromatic nitrogens is 1. The number of rotatable bonds is 2.